The van der Waals surface area contributed by atoms with Gasteiger partial charge in [0, 0.05) is 44.2 Å². The van der Waals surface area contributed by atoms with E-state index < -0.39 is 17.1 Å². The van der Waals surface area contributed by atoms with Crippen LogP contribution in [0.5, 0.6) is 0 Å². The van der Waals surface area contributed by atoms with Gasteiger partial charge in [0.25, 0.3) is 11.6 Å². The Hall–Kier alpha value is -3.57. The lowest BCUT2D eigenvalue weighted by Gasteiger charge is -2.37. The molecule has 1 aromatic heterocycles. The van der Waals surface area contributed by atoms with Crippen LogP contribution >= 0.6 is 0 Å². The zero-order valence-corrected chi connectivity index (χ0v) is 19.4. The predicted octanol–water partition coefficient (Wildman–Crippen LogP) is 3.11. The second kappa shape index (κ2) is 12.8. The minimum absolute atomic E-state index is 0.0131. The number of carbonyl (C=O) groups is 1. The molecule has 1 amide bonds. The van der Waals surface area contributed by atoms with Crippen LogP contribution in [0.4, 0.5) is 15.9 Å². The number of hydrogen-bond acceptors (Lipinski definition) is 8. The average molecular weight is 489 g/mol. The molecule has 0 bridgehead atoms. The number of aliphatic hydroxyl groups is 1. The number of allylic oxidation sites excluding steroid dienone is 1. The Labute approximate surface area is 202 Å². The SMILES string of the molecule is CCO[C@H]1OC(C(=O)NCCNc2ccc([N+](=O)[O-])cn2)=C[C@@H](c2ccc(F)cc2)[C@@H]1CCCO. The highest BCUT2D eigenvalue weighted by molar-refractivity contribution is 5.91. The summed E-state index contributed by atoms with van der Waals surface area (Å²) in [6.07, 6.45) is 3.30. The number of benzene rings is 1. The Morgan fingerprint density at radius 1 is 1.26 bits per heavy atom. The van der Waals surface area contributed by atoms with Gasteiger partial charge in [-0.15, -0.1) is 0 Å². The molecule has 0 radical (unpaired) electrons. The zero-order valence-electron chi connectivity index (χ0n) is 19.4. The van der Waals surface area contributed by atoms with Crippen molar-refractivity contribution < 1.29 is 28.7 Å². The first-order valence-corrected chi connectivity index (χ1v) is 11.4. The molecule has 0 unspecified atom stereocenters. The van der Waals surface area contributed by atoms with Gasteiger partial charge in [-0.2, -0.15) is 0 Å². The number of nitro groups is 1. The van der Waals surface area contributed by atoms with Crippen LogP contribution in [0.3, 0.4) is 0 Å². The molecule has 3 atom stereocenters. The van der Waals surface area contributed by atoms with Crippen LogP contribution in [0.2, 0.25) is 0 Å². The maximum absolute atomic E-state index is 13.5. The standard InChI is InChI=1S/C24H29FN4O6/c1-2-34-24-19(4-3-13-30)20(16-5-7-17(25)8-6-16)14-21(35-24)23(31)27-12-11-26-22-10-9-18(15-28-22)29(32)33/h5-10,14-15,19-20,24,30H,2-4,11-13H2,1H3,(H,26,28)(H,27,31)/t19-,20-,24-/m0/s1. The fourth-order valence-corrected chi connectivity index (χ4v) is 3.88. The summed E-state index contributed by atoms with van der Waals surface area (Å²) >= 11 is 0. The molecule has 11 heteroatoms. The van der Waals surface area contributed by atoms with E-state index in [9.17, 15) is 24.4 Å². The molecule has 188 valence electrons. The normalized spacial score (nSPS) is 19.4. The van der Waals surface area contributed by atoms with Gasteiger partial charge in [0.1, 0.15) is 17.8 Å². The quantitative estimate of drug-likeness (QED) is 0.236. The molecular weight excluding hydrogens is 459 g/mol. The molecule has 0 saturated carbocycles. The van der Waals surface area contributed by atoms with Crippen molar-refractivity contribution in [3.63, 3.8) is 0 Å². The van der Waals surface area contributed by atoms with E-state index in [1.54, 1.807) is 18.2 Å². The number of hydrogen-bond donors (Lipinski definition) is 3. The third-order valence-electron chi connectivity index (χ3n) is 5.57. The van der Waals surface area contributed by atoms with Crippen molar-refractivity contribution in [2.75, 3.05) is 31.6 Å². The van der Waals surface area contributed by atoms with Crippen LogP contribution in [-0.4, -0.2) is 53.5 Å². The van der Waals surface area contributed by atoms with Gasteiger partial charge in [0.2, 0.25) is 6.29 Å². The van der Waals surface area contributed by atoms with E-state index in [1.807, 2.05) is 6.92 Å². The molecule has 0 aliphatic carbocycles. The summed E-state index contributed by atoms with van der Waals surface area (Å²) < 4.78 is 25.2. The van der Waals surface area contributed by atoms with E-state index in [1.165, 1.54) is 24.3 Å². The molecule has 1 aliphatic heterocycles. The number of nitrogens with one attached hydrogen (secondary N) is 2. The highest BCUT2D eigenvalue weighted by Crippen LogP contribution is 2.39. The topological polar surface area (TPSA) is 136 Å². The predicted molar refractivity (Wildman–Crippen MR) is 126 cm³/mol. The van der Waals surface area contributed by atoms with Gasteiger partial charge in [0.05, 0.1) is 4.92 Å². The third kappa shape index (κ3) is 7.20. The lowest BCUT2D eigenvalue weighted by atomic mass is 9.80. The van der Waals surface area contributed by atoms with Crippen LogP contribution in [0.25, 0.3) is 0 Å². The van der Waals surface area contributed by atoms with Crippen molar-refractivity contribution in [1.82, 2.24) is 10.3 Å². The number of amides is 1. The summed E-state index contributed by atoms with van der Waals surface area (Å²) in [6.45, 7) is 2.79. The fourth-order valence-electron chi connectivity index (χ4n) is 3.88. The molecule has 2 heterocycles. The maximum Gasteiger partial charge on any atom is 0.287 e. The molecule has 0 saturated heterocycles. The third-order valence-corrected chi connectivity index (χ3v) is 5.57. The lowest BCUT2D eigenvalue weighted by Crippen LogP contribution is -2.39. The number of rotatable bonds is 12. The van der Waals surface area contributed by atoms with E-state index in [2.05, 4.69) is 15.6 Å². The number of nitrogens with zero attached hydrogens (tertiary/aromatic N) is 2. The van der Waals surface area contributed by atoms with Gasteiger partial charge in [-0.3, -0.25) is 14.9 Å². The number of ether oxygens (including phenoxy) is 2. The monoisotopic (exact) mass is 488 g/mol. The van der Waals surface area contributed by atoms with Crippen molar-refractivity contribution in [2.24, 2.45) is 5.92 Å². The Balaban J connectivity index is 1.67. The van der Waals surface area contributed by atoms with E-state index in [-0.39, 0.29) is 42.3 Å². The van der Waals surface area contributed by atoms with Crippen molar-refractivity contribution in [1.29, 1.82) is 0 Å². The molecule has 1 aromatic carbocycles. The summed E-state index contributed by atoms with van der Waals surface area (Å²) in [7, 11) is 0. The molecule has 0 spiro atoms. The highest BCUT2D eigenvalue weighted by atomic mass is 19.1. The van der Waals surface area contributed by atoms with Gasteiger partial charge >= 0.3 is 0 Å². The Bertz CT molecular complexity index is 1020. The molecule has 3 rings (SSSR count). The molecule has 35 heavy (non-hydrogen) atoms. The molecule has 3 N–H and O–H groups in total. The summed E-state index contributed by atoms with van der Waals surface area (Å²) in [5, 5.41) is 25.8. The van der Waals surface area contributed by atoms with Gasteiger partial charge in [-0.25, -0.2) is 9.37 Å². The van der Waals surface area contributed by atoms with Gasteiger partial charge in [-0.05, 0) is 49.6 Å². The summed E-state index contributed by atoms with van der Waals surface area (Å²) in [5.41, 5.74) is 0.709. The van der Waals surface area contributed by atoms with Gasteiger partial charge in [0.15, 0.2) is 5.76 Å². The Kier molecular flexibility index (Phi) is 9.50. The van der Waals surface area contributed by atoms with Gasteiger partial charge < -0.3 is 25.2 Å². The van der Waals surface area contributed by atoms with Crippen LogP contribution in [0, 0.1) is 21.8 Å². The molecule has 10 nitrogen and oxygen atoms in total. The number of halogens is 1. The number of aliphatic hydroxyl groups excluding tert-OH is 1. The summed E-state index contributed by atoms with van der Waals surface area (Å²) in [6, 6.07) is 8.91. The van der Waals surface area contributed by atoms with E-state index in [0.717, 1.165) is 11.8 Å². The second-order valence-corrected chi connectivity index (χ2v) is 7.92. The zero-order chi connectivity index (χ0) is 25.2. The molecule has 2 aromatic rings. The van der Waals surface area contributed by atoms with Crippen molar-refractivity contribution in [3.05, 3.63) is 75.9 Å². The molecular formula is C24H29FN4O6. The van der Waals surface area contributed by atoms with Crippen LogP contribution in [0.15, 0.2) is 54.4 Å². The number of carbonyl (C=O) groups excluding carboxylic acids is 1. The van der Waals surface area contributed by atoms with E-state index in [4.69, 9.17) is 9.47 Å². The first kappa shape index (κ1) is 26.0. The minimum Gasteiger partial charge on any atom is -0.459 e. The Morgan fingerprint density at radius 3 is 2.66 bits per heavy atom. The van der Waals surface area contributed by atoms with E-state index in [0.29, 0.717) is 31.8 Å². The lowest BCUT2D eigenvalue weighted by molar-refractivity contribution is -0.385. The highest BCUT2D eigenvalue weighted by Gasteiger charge is 2.37. The van der Waals surface area contributed by atoms with E-state index >= 15 is 0 Å². The number of aromatic nitrogens is 1. The van der Waals surface area contributed by atoms with Gasteiger partial charge in [-0.1, -0.05) is 12.1 Å². The molecule has 0 fully saturated rings. The Morgan fingerprint density at radius 2 is 2.03 bits per heavy atom. The number of pyridine rings is 1. The minimum atomic E-state index is -0.699. The average Bonchev–Trinajstić information content (AvgIpc) is 2.86. The largest absolute Gasteiger partial charge is 0.459 e. The number of anilines is 1. The van der Waals surface area contributed by atoms with Crippen LogP contribution in [0.1, 0.15) is 31.2 Å². The first-order valence-electron chi connectivity index (χ1n) is 11.4. The van der Waals surface area contributed by atoms with Crippen molar-refractivity contribution in [3.8, 4) is 0 Å². The summed E-state index contributed by atoms with van der Waals surface area (Å²) in [5.74, 6) is -0.675. The fraction of sp³-hybridized carbons (Fsp3) is 0.417. The van der Waals surface area contributed by atoms with Crippen LogP contribution in [-0.2, 0) is 14.3 Å². The van der Waals surface area contributed by atoms with Crippen molar-refractivity contribution >= 4 is 17.4 Å². The van der Waals surface area contributed by atoms with Crippen LogP contribution < -0.4 is 10.6 Å². The second-order valence-electron chi connectivity index (χ2n) is 7.92. The summed E-state index contributed by atoms with van der Waals surface area (Å²) in [4.78, 5) is 27.0. The van der Waals surface area contributed by atoms with Crippen molar-refractivity contribution in [2.45, 2.75) is 32.0 Å². The smallest absolute Gasteiger partial charge is 0.287 e. The molecule has 1 aliphatic rings. The first-order chi connectivity index (χ1) is 16.9. The maximum atomic E-state index is 13.5.